The molecule has 0 unspecified atom stereocenters. The van der Waals surface area contributed by atoms with Gasteiger partial charge in [-0.1, -0.05) is 382 Å². The molecule has 127 heavy (non-hydrogen) atoms. The first-order valence-corrected chi connectivity index (χ1v) is 43.2. The molecule has 6 aromatic heterocycles. The van der Waals surface area contributed by atoms with Crippen LogP contribution in [0.25, 0.3) is 226 Å². The summed E-state index contributed by atoms with van der Waals surface area (Å²) in [5.74, 6) is 0.715. The zero-order valence-electron chi connectivity index (χ0n) is 69.2. The molecule has 0 radical (unpaired) electrons. The summed E-state index contributed by atoms with van der Waals surface area (Å²) in [7, 11) is 0. The van der Waals surface area contributed by atoms with Crippen molar-refractivity contribution in [2.75, 3.05) is 0 Å². The highest BCUT2D eigenvalue weighted by molar-refractivity contribution is 6.32. The standard InChI is InChI=1S/C42H27N3.2C39H26N2/c1-3-14-28(15-4-1)37-27-38(44-42(43-37)29-16-5-2-6-17-29)30-18-13-19-31(26-30)45-39-25-12-11-24-36(39)40-34-22-9-7-20-32(34)33-21-8-10-23-35(33)41(40)45;2*1-3-11-27(12-4-1)29-19-21-30(22-20-29)32-23-31(28-13-5-2-6-14-28)24-33(25-32)41-37-18-10-8-16-35(37)39-34-15-7-9-17-36(34)40-26-38(39)41/h1-27H;2*1-26H. The summed E-state index contributed by atoms with van der Waals surface area (Å²) in [5.41, 5.74) is 31.6. The summed E-state index contributed by atoms with van der Waals surface area (Å²) in [4.78, 5) is 19.9. The molecule has 0 amide bonds. The van der Waals surface area contributed by atoms with E-state index < -0.39 is 0 Å². The van der Waals surface area contributed by atoms with Gasteiger partial charge in [0.15, 0.2) is 5.82 Å². The summed E-state index contributed by atoms with van der Waals surface area (Å²) in [6.07, 6.45) is 4.06. The lowest BCUT2D eigenvalue weighted by Crippen LogP contribution is -1.98. The molecule has 0 aliphatic carbocycles. The zero-order chi connectivity index (χ0) is 84.1. The third-order valence-electron chi connectivity index (χ3n) is 24.8. The van der Waals surface area contributed by atoms with Gasteiger partial charge in [-0.2, -0.15) is 0 Å². The van der Waals surface area contributed by atoms with Crippen molar-refractivity contribution >= 4 is 109 Å². The number of hydrogen-bond donors (Lipinski definition) is 0. The van der Waals surface area contributed by atoms with E-state index in [0.29, 0.717) is 5.82 Å². The second-order valence-corrected chi connectivity index (χ2v) is 32.3. The van der Waals surface area contributed by atoms with Crippen LogP contribution in [0, 0.1) is 0 Å². The molecule has 0 spiro atoms. The topological polar surface area (TPSA) is 66.3 Å². The minimum absolute atomic E-state index is 0.715. The van der Waals surface area contributed by atoms with Gasteiger partial charge in [-0.3, -0.25) is 9.97 Å². The average molecular weight is 1620 g/mol. The van der Waals surface area contributed by atoms with Crippen molar-refractivity contribution in [2.24, 2.45) is 0 Å². The second kappa shape index (κ2) is 32.4. The van der Waals surface area contributed by atoms with Crippen LogP contribution in [-0.2, 0) is 0 Å². The molecule has 0 bridgehead atoms. The number of benzene rings is 19. The SMILES string of the molecule is c1ccc(-c2cc(-c3cccc(-n4c5ccccc5c5c6ccccc6c6ccccc6c54)c3)nc(-c3ccccc3)n2)cc1.c1ccc(-c2ccc(-c3cc(-c4ccccc4)cc(-n4c5ccccc5c5c6ccccc6ncc54)c3)cc2)cc1.c1ccc(-c2ccc(-c3cc(-c4ccccc4)cc(-n4c5ccccc5c5c6ccccc6ncc54)c3)cc2)cc1. The van der Waals surface area contributed by atoms with Gasteiger partial charge in [0.1, 0.15) is 0 Å². The van der Waals surface area contributed by atoms with Gasteiger partial charge in [-0.25, -0.2) is 9.97 Å². The first-order chi connectivity index (χ1) is 63.0. The van der Waals surface area contributed by atoms with E-state index in [1.165, 1.54) is 153 Å². The molecule has 25 rings (SSSR count). The quantitative estimate of drug-likeness (QED) is 0.114. The number of rotatable bonds is 12. The summed E-state index contributed by atoms with van der Waals surface area (Å²) in [6.45, 7) is 0. The van der Waals surface area contributed by atoms with Crippen molar-refractivity contribution < 1.29 is 0 Å². The van der Waals surface area contributed by atoms with Crippen molar-refractivity contribution in [1.82, 2.24) is 33.6 Å². The normalized spacial score (nSPS) is 11.5. The van der Waals surface area contributed by atoms with Gasteiger partial charge in [0, 0.05) is 82.2 Å². The first kappa shape index (κ1) is 75.0. The molecule has 0 N–H and O–H groups in total. The molecule has 0 saturated heterocycles. The Hall–Kier alpha value is -17.0. The highest BCUT2D eigenvalue weighted by Crippen LogP contribution is 2.46. The largest absolute Gasteiger partial charge is 0.309 e. The third kappa shape index (κ3) is 13.9. The summed E-state index contributed by atoms with van der Waals surface area (Å²) >= 11 is 0. The lowest BCUT2D eigenvalue weighted by molar-refractivity contribution is 1.17. The fourth-order valence-corrected chi connectivity index (χ4v) is 18.9. The molecule has 0 aliphatic heterocycles. The molecule has 0 fully saturated rings. The van der Waals surface area contributed by atoms with Crippen LogP contribution in [-0.4, -0.2) is 33.6 Å². The van der Waals surface area contributed by atoms with Crippen molar-refractivity contribution in [3.05, 3.63) is 480 Å². The number of hydrogen-bond acceptors (Lipinski definition) is 4. The van der Waals surface area contributed by atoms with E-state index in [1.807, 2.05) is 36.7 Å². The van der Waals surface area contributed by atoms with Crippen LogP contribution >= 0.6 is 0 Å². The van der Waals surface area contributed by atoms with Crippen LogP contribution in [0.4, 0.5) is 0 Å². The Kier molecular flexibility index (Phi) is 19.2. The Morgan fingerprint density at radius 2 is 0.449 bits per heavy atom. The van der Waals surface area contributed by atoms with Gasteiger partial charge in [0.2, 0.25) is 0 Å². The van der Waals surface area contributed by atoms with E-state index in [-0.39, 0.29) is 0 Å². The number of aromatic nitrogens is 7. The Morgan fingerprint density at radius 1 is 0.157 bits per heavy atom. The molecule has 19 aromatic carbocycles. The highest BCUT2D eigenvalue weighted by Gasteiger charge is 2.24. The van der Waals surface area contributed by atoms with Crippen LogP contribution in [0.1, 0.15) is 0 Å². The summed E-state index contributed by atoms with van der Waals surface area (Å²) in [6, 6.07) is 166. The number of pyridine rings is 2. The fraction of sp³-hybridized carbons (Fsp3) is 0. The predicted octanol–water partition coefficient (Wildman–Crippen LogP) is 31.5. The summed E-state index contributed by atoms with van der Waals surface area (Å²) < 4.78 is 7.18. The van der Waals surface area contributed by atoms with E-state index in [1.54, 1.807) is 0 Å². The lowest BCUT2D eigenvalue weighted by Gasteiger charge is -2.14. The summed E-state index contributed by atoms with van der Waals surface area (Å²) in [5, 5.41) is 14.9. The zero-order valence-corrected chi connectivity index (χ0v) is 69.2. The lowest BCUT2D eigenvalue weighted by atomic mass is 9.96. The molecular weight excluding hydrogens is 1540 g/mol. The Labute approximate surface area is 734 Å². The molecule has 25 aromatic rings. The molecule has 594 valence electrons. The van der Waals surface area contributed by atoms with Gasteiger partial charge in [0.25, 0.3) is 0 Å². The molecular formula is C120H79N7. The van der Waals surface area contributed by atoms with Crippen LogP contribution < -0.4 is 0 Å². The van der Waals surface area contributed by atoms with Gasteiger partial charge in [-0.15, -0.1) is 0 Å². The third-order valence-corrected chi connectivity index (χ3v) is 24.8. The van der Waals surface area contributed by atoms with E-state index in [4.69, 9.17) is 19.9 Å². The number of para-hydroxylation sites is 5. The van der Waals surface area contributed by atoms with Crippen molar-refractivity contribution in [3.8, 4) is 118 Å². The van der Waals surface area contributed by atoms with Gasteiger partial charge >= 0.3 is 0 Å². The van der Waals surface area contributed by atoms with Crippen LogP contribution in [0.5, 0.6) is 0 Å². The Morgan fingerprint density at radius 3 is 0.882 bits per heavy atom. The highest BCUT2D eigenvalue weighted by atomic mass is 15.0. The second-order valence-electron chi connectivity index (χ2n) is 32.3. The molecule has 7 heteroatoms. The monoisotopic (exact) mass is 1620 g/mol. The van der Waals surface area contributed by atoms with E-state index >= 15 is 0 Å². The van der Waals surface area contributed by atoms with E-state index in [2.05, 4.69) is 457 Å². The fourth-order valence-electron chi connectivity index (χ4n) is 18.9. The van der Waals surface area contributed by atoms with Crippen molar-refractivity contribution in [2.45, 2.75) is 0 Å². The molecule has 0 aliphatic rings. The van der Waals surface area contributed by atoms with E-state index in [9.17, 15) is 0 Å². The number of nitrogens with zero attached hydrogens (tertiary/aromatic N) is 7. The van der Waals surface area contributed by atoms with Crippen LogP contribution in [0.3, 0.4) is 0 Å². The predicted molar refractivity (Wildman–Crippen MR) is 532 cm³/mol. The average Bonchev–Trinajstić information content (AvgIpc) is 1.57. The van der Waals surface area contributed by atoms with Crippen molar-refractivity contribution in [1.29, 1.82) is 0 Å². The Balaban J connectivity index is 0.000000109. The number of fused-ring (bicyclic) bond motifs is 18. The molecule has 7 nitrogen and oxygen atoms in total. The maximum atomic E-state index is 5.12. The molecule has 0 atom stereocenters. The van der Waals surface area contributed by atoms with Crippen molar-refractivity contribution in [3.63, 3.8) is 0 Å². The maximum absolute atomic E-state index is 5.12. The minimum Gasteiger partial charge on any atom is -0.309 e. The van der Waals surface area contributed by atoms with E-state index in [0.717, 1.165) is 67.2 Å². The van der Waals surface area contributed by atoms with Crippen LogP contribution in [0.15, 0.2) is 480 Å². The maximum Gasteiger partial charge on any atom is 0.160 e. The Bertz CT molecular complexity index is 8080. The minimum atomic E-state index is 0.715. The van der Waals surface area contributed by atoms with Gasteiger partial charge in [0.05, 0.1) is 67.9 Å². The molecule has 0 saturated carbocycles. The van der Waals surface area contributed by atoms with Crippen LogP contribution in [0.2, 0.25) is 0 Å². The van der Waals surface area contributed by atoms with Gasteiger partial charge in [-0.05, 0) is 168 Å². The van der Waals surface area contributed by atoms with Gasteiger partial charge < -0.3 is 13.7 Å². The first-order valence-electron chi connectivity index (χ1n) is 43.2. The molecule has 6 heterocycles. The smallest absolute Gasteiger partial charge is 0.160 e.